The highest BCUT2D eigenvalue weighted by atomic mass is 32.2. The number of hydrogen-bond donors (Lipinski definition) is 1. The largest absolute Gasteiger partial charge is 0.374 e. The third-order valence-electron chi connectivity index (χ3n) is 5.89. The van der Waals surface area contributed by atoms with Crippen LogP contribution in [0.1, 0.15) is 44.9 Å². The van der Waals surface area contributed by atoms with Crippen LogP contribution in [0.25, 0.3) is 0 Å². The molecule has 21 heavy (non-hydrogen) atoms. The molecule has 4 rings (SSSR count). The lowest BCUT2D eigenvalue weighted by molar-refractivity contribution is -0.0927. The van der Waals surface area contributed by atoms with Crippen molar-refractivity contribution in [2.45, 2.75) is 62.6 Å². The summed E-state index contributed by atoms with van der Waals surface area (Å²) in [4.78, 5) is 2.91. The molecule has 1 N–H and O–H groups in total. The van der Waals surface area contributed by atoms with Crippen LogP contribution in [0.15, 0.2) is 0 Å². The monoisotopic (exact) mass is 310 g/mol. The van der Waals surface area contributed by atoms with Gasteiger partial charge in [0.05, 0.1) is 5.60 Å². The number of nitrogens with zero attached hydrogens (tertiary/aromatic N) is 1. The second-order valence-corrected chi connectivity index (χ2v) is 8.73. The second kappa shape index (κ2) is 6.38. The quantitative estimate of drug-likeness (QED) is 0.862. The maximum atomic E-state index is 6.24. The molecule has 0 radical (unpaired) electrons. The zero-order valence-corrected chi connectivity index (χ0v) is 14.0. The molecule has 4 aliphatic rings. The van der Waals surface area contributed by atoms with Gasteiger partial charge in [0.25, 0.3) is 0 Å². The molecule has 4 heteroatoms. The van der Waals surface area contributed by atoms with E-state index in [4.69, 9.17) is 4.74 Å². The Balaban J connectivity index is 1.40. The van der Waals surface area contributed by atoms with Crippen molar-refractivity contribution >= 4 is 11.8 Å². The number of hydrogen-bond acceptors (Lipinski definition) is 4. The molecule has 3 atom stereocenters. The maximum absolute atomic E-state index is 6.24. The Hall–Kier alpha value is 0.230. The van der Waals surface area contributed by atoms with Crippen molar-refractivity contribution in [2.24, 2.45) is 5.92 Å². The fourth-order valence-electron chi connectivity index (χ4n) is 4.53. The summed E-state index contributed by atoms with van der Waals surface area (Å²) < 4.78 is 6.24. The summed E-state index contributed by atoms with van der Waals surface area (Å²) in [6, 6.07) is 1.70. The number of ether oxygens (including phenoxy) is 1. The van der Waals surface area contributed by atoms with Crippen molar-refractivity contribution in [3.05, 3.63) is 0 Å². The van der Waals surface area contributed by atoms with Gasteiger partial charge < -0.3 is 10.1 Å². The summed E-state index contributed by atoms with van der Waals surface area (Å²) in [6.45, 7) is 4.81. The summed E-state index contributed by atoms with van der Waals surface area (Å²) >= 11 is 2.10. The van der Waals surface area contributed by atoms with Gasteiger partial charge in [-0.3, -0.25) is 4.90 Å². The van der Waals surface area contributed by atoms with Crippen LogP contribution in [0.4, 0.5) is 0 Å². The average Bonchev–Trinajstić information content (AvgIpc) is 3.28. The van der Waals surface area contributed by atoms with E-state index in [1.807, 2.05) is 0 Å². The van der Waals surface area contributed by atoms with Crippen LogP contribution in [-0.2, 0) is 4.74 Å². The first-order valence-electron chi connectivity index (χ1n) is 9.03. The highest BCUT2D eigenvalue weighted by Crippen LogP contribution is 2.42. The van der Waals surface area contributed by atoms with Crippen LogP contribution >= 0.6 is 11.8 Å². The Kier molecular flexibility index (Phi) is 4.50. The predicted molar refractivity (Wildman–Crippen MR) is 89.0 cm³/mol. The summed E-state index contributed by atoms with van der Waals surface area (Å²) in [5, 5.41) is 3.60. The molecule has 0 amide bonds. The molecule has 3 unspecified atom stereocenters. The zero-order valence-electron chi connectivity index (χ0n) is 13.2. The Morgan fingerprint density at radius 3 is 2.86 bits per heavy atom. The minimum atomic E-state index is 0.242. The van der Waals surface area contributed by atoms with Gasteiger partial charge in [-0.25, -0.2) is 0 Å². The summed E-state index contributed by atoms with van der Waals surface area (Å²) in [5.41, 5.74) is 0.242. The smallest absolute Gasteiger partial charge is 0.0795 e. The normalized spacial score (nSPS) is 41.0. The lowest BCUT2D eigenvalue weighted by Gasteiger charge is -2.44. The first-order valence-corrected chi connectivity index (χ1v) is 10.2. The Morgan fingerprint density at radius 2 is 2.14 bits per heavy atom. The van der Waals surface area contributed by atoms with Crippen LogP contribution in [0.3, 0.4) is 0 Å². The molecule has 1 spiro atoms. The third kappa shape index (κ3) is 3.44. The van der Waals surface area contributed by atoms with Crippen LogP contribution in [0.5, 0.6) is 0 Å². The highest BCUT2D eigenvalue weighted by molar-refractivity contribution is 7.99. The van der Waals surface area contributed by atoms with Crippen LogP contribution in [-0.4, -0.2) is 60.3 Å². The summed E-state index contributed by atoms with van der Waals surface area (Å²) in [7, 11) is 0. The van der Waals surface area contributed by atoms with Gasteiger partial charge >= 0.3 is 0 Å². The molecule has 3 aliphatic heterocycles. The molecule has 4 fully saturated rings. The van der Waals surface area contributed by atoms with Gasteiger partial charge in [-0.15, -0.1) is 0 Å². The fourth-order valence-corrected chi connectivity index (χ4v) is 5.91. The molecule has 0 bridgehead atoms. The molecule has 120 valence electrons. The van der Waals surface area contributed by atoms with Crippen molar-refractivity contribution in [2.75, 3.05) is 37.7 Å². The zero-order chi connectivity index (χ0) is 14.1. The van der Waals surface area contributed by atoms with E-state index in [9.17, 15) is 0 Å². The maximum Gasteiger partial charge on any atom is 0.0795 e. The Morgan fingerprint density at radius 1 is 1.19 bits per heavy atom. The molecule has 1 saturated carbocycles. The van der Waals surface area contributed by atoms with E-state index in [1.165, 1.54) is 76.1 Å². The summed E-state index contributed by atoms with van der Waals surface area (Å²) in [5.74, 6) is 3.44. The standard InChI is InChI=1S/C17H30N2OS/c1-2-14(11-18-7-1)12-19(15-3-4-15)16-5-8-20-17(10-16)6-9-21-13-17/h14-16,18H,1-13H2. The van der Waals surface area contributed by atoms with Gasteiger partial charge in [-0.1, -0.05) is 0 Å². The lowest BCUT2D eigenvalue weighted by atomic mass is 9.88. The van der Waals surface area contributed by atoms with Gasteiger partial charge in [0.2, 0.25) is 0 Å². The van der Waals surface area contributed by atoms with Gasteiger partial charge in [-0.05, 0) is 69.7 Å². The Labute approximate surface area is 133 Å². The van der Waals surface area contributed by atoms with Crippen molar-refractivity contribution in [1.82, 2.24) is 10.2 Å². The van der Waals surface area contributed by atoms with E-state index < -0.39 is 0 Å². The topological polar surface area (TPSA) is 24.5 Å². The van der Waals surface area contributed by atoms with Gasteiger partial charge in [0.15, 0.2) is 0 Å². The van der Waals surface area contributed by atoms with Crippen molar-refractivity contribution < 1.29 is 4.74 Å². The first-order chi connectivity index (χ1) is 10.3. The number of thioether (sulfide) groups is 1. The molecule has 0 aromatic carbocycles. The van der Waals surface area contributed by atoms with Crippen LogP contribution in [0.2, 0.25) is 0 Å². The highest BCUT2D eigenvalue weighted by Gasteiger charge is 2.45. The summed E-state index contributed by atoms with van der Waals surface area (Å²) in [6.07, 6.45) is 9.55. The second-order valence-electron chi connectivity index (χ2n) is 7.62. The molecule has 3 saturated heterocycles. The molecule has 1 aliphatic carbocycles. The van der Waals surface area contributed by atoms with Crippen molar-refractivity contribution in [3.63, 3.8) is 0 Å². The van der Waals surface area contributed by atoms with Crippen molar-refractivity contribution in [1.29, 1.82) is 0 Å². The molecule has 0 aromatic heterocycles. The van der Waals surface area contributed by atoms with E-state index in [-0.39, 0.29) is 5.60 Å². The molecule has 3 nitrogen and oxygen atoms in total. The van der Waals surface area contributed by atoms with E-state index in [0.717, 1.165) is 24.6 Å². The average molecular weight is 311 g/mol. The van der Waals surface area contributed by atoms with Gasteiger partial charge in [-0.2, -0.15) is 11.8 Å². The minimum Gasteiger partial charge on any atom is -0.374 e. The van der Waals surface area contributed by atoms with E-state index in [0.29, 0.717) is 0 Å². The molecule has 0 aromatic rings. The first kappa shape index (κ1) is 14.8. The third-order valence-corrected chi connectivity index (χ3v) is 7.11. The SMILES string of the molecule is C1CNCC(CN(C2CC2)C2CCOC3(CCSC3)C2)C1. The van der Waals surface area contributed by atoms with Gasteiger partial charge in [0.1, 0.15) is 0 Å². The van der Waals surface area contributed by atoms with E-state index in [1.54, 1.807) is 0 Å². The lowest BCUT2D eigenvalue weighted by Crippen LogP contribution is -2.51. The predicted octanol–water partition coefficient (Wildman–Crippen LogP) is 2.51. The van der Waals surface area contributed by atoms with Crippen LogP contribution in [0, 0.1) is 5.92 Å². The molecule has 3 heterocycles. The Bertz CT molecular complexity index is 349. The number of nitrogens with one attached hydrogen (secondary N) is 1. The number of piperidine rings is 1. The number of rotatable bonds is 4. The minimum absolute atomic E-state index is 0.242. The molecular weight excluding hydrogens is 280 g/mol. The van der Waals surface area contributed by atoms with Crippen LogP contribution < -0.4 is 5.32 Å². The van der Waals surface area contributed by atoms with Gasteiger partial charge in [0, 0.05) is 31.0 Å². The van der Waals surface area contributed by atoms with E-state index >= 15 is 0 Å². The van der Waals surface area contributed by atoms with Crippen molar-refractivity contribution in [3.8, 4) is 0 Å². The molecular formula is C17H30N2OS. The fraction of sp³-hybridized carbons (Fsp3) is 1.00. The van der Waals surface area contributed by atoms with E-state index in [2.05, 4.69) is 22.0 Å².